The number of nitrogens with zero attached hydrogens (tertiary/aromatic N) is 1. The fourth-order valence-electron chi connectivity index (χ4n) is 4.24. The van der Waals surface area contributed by atoms with Crippen molar-refractivity contribution in [3.8, 4) is 0 Å². The number of amides is 2. The summed E-state index contributed by atoms with van der Waals surface area (Å²) in [7, 11) is 0. The van der Waals surface area contributed by atoms with Gasteiger partial charge in [0.15, 0.2) is 0 Å². The summed E-state index contributed by atoms with van der Waals surface area (Å²) < 4.78 is 28.8. The number of hydrogen-bond acceptors (Lipinski definition) is 5. The Balaban J connectivity index is 1.64. The molecule has 1 fully saturated rings. The molecule has 2 aromatic rings. The maximum absolute atomic E-state index is 14.0. The van der Waals surface area contributed by atoms with Crippen LogP contribution in [0.1, 0.15) is 51.4 Å². The molecule has 1 saturated carbocycles. The van der Waals surface area contributed by atoms with Gasteiger partial charge >= 0.3 is 0 Å². The van der Waals surface area contributed by atoms with Crippen LogP contribution in [0.4, 0.5) is 14.5 Å². The number of carbonyl (C=O) groups excluding carboxylic acids is 3. The maximum Gasteiger partial charge on any atom is 0.293 e. The van der Waals surface area contributed by atoms with Crippen molar-refractivity contribution in [3.05, 3.63) is 64.2 Å². The minimum absolute atomic E-state index is 0.163. The first-order chi connectivity index (χ1) is 15.2. The SMILES string of the molecule is Cc1c(C(=O)C(=O)NC2(/C(N)=C/N)CC2)c2n(c1C(=O)Nc1ccc(F)cc1F)CCC2. The lowest BCUT2D eigenvalue weighted by Crippen LogP contribution is -2.44. The summed E-state index contributed by atoms with van der Waals surface area (Å²) in [4.78, 5) is 38.8. The van der Waals surface area contributed by atoms with Crippen molar-refractivity contribution in [2.45, 2.75) is 44.7 Å². The first-order valence-corrected chi connectivity index (χ1v) is 10.2. The van der Waals surface area contributed by atoms with Gasteiger partial charge in [-0.25, -0.2) is 8.78 Å². The van der Waals surface area contributed by atoms with Crippen molar-refractivity contribution in [3.63, 3.8) is 0 Å². The summed E-state index contributed by atoms with van der Waals surface area (Å²) >= 11 is 0. The molecular formula is C22H23F2N5O3. The number of aromatic nitrogens is 1. The number of halogens is 2. The van der Waals surface area contributed by atoms with Gasteiger partial charge in [0, 0.05) is 30.2 Å². The fourth-order valence-corrected chi connectivity index (χ4v) is 4.24. The Bertz CT molecular complexity index is 1180. The normalized spacial score (nSPS) is 16.4. The van der Waals surface area contributed by atoms with Crippen LogP contribution in [-0.2, 0) is 17.8 Å². The number of hydrogen-bond donors (Lipinski definition) is 4. The zero-order chi connectivity index (χ0) is 23.2. The summed E-state index contributed by atoms with van der Waals surface area (Å²) in [5.41, 5.74) is 11.9. The molecule has 0 bridgehead atoms. The summed E-state index contributed by atoms with van der Waals surface area (Å²) in [5, 5.41) is 5.09. The largest absolute Gasteiger partial charge is 0.403 e. The van der Waals surface area contributed by atoms with Gasteiger partial charge in [0.05, 0.1) is 16.8 Å². The number of carbonyl (C=O) groups is 3. The Morgan fingerprint density at radius 3 is 2.56 bits per heavy atom. The van der Waals surface area contributed by atoms with Gasteiger partial charge in [-0.05, 0) is 50.3 Å². The van der Waals surface area contributed by atoms with Crippen LogP contribution in [0.15, 0.2) is 30.1 Å². The Hall–Kier alpha value is -3.69. The number of benzene rings is 1. The van der Waals surface area contributed by atoms with Crippen molar-refractivity contribution in [2.24, 2.45) is 11.5 Å². The topological polar surface area (TPSA) is 132 Å². The molecule has 2 aliphatic rings. The van der Waals surface area contributed by atoms with E-state index in [1.54, 1.807) is 11.5 Å². The average Bonchev–Trinajstić information content (AvgIpc) is 3.29. The van der Waals surface area contributed by atoms with E-state index in [2.05, 4.69) is 10.6 Å². The molecule has 0 atom stereocenters. The van der Waals surface area contributed by atoms with E-state index in [-0.39, 0.29) is 16.9 Å². The third-order valence-electron chi connectivity index (χ3n) is 6.07. The van der Waals surface area contributed by atoms with Crippen molar-refractivity contribution in [1.29, 1.82) is 0 Å². The van der Waals surface area contributed by atoms with Crippen LogP contribution in [0, 0.1) is 18.6 Å². The molecule has 32 heavy (non-hydrogen) atoms. The number of nitrogens with one attached hydrogen (secondary N) is 2. The maximum atomic E-state index is 14.0. The number of fused-ring (bicyclic) bond motifs is 1. The third-order valence-corrected chi connectivity index (χ3v) is 6.07. The standard InChI is InChI=1S/C22H23F2N5O3/c1-11-17(19(30)21(32)28-22(6-7-22)16(26)10-25)15-3-2-8-29(15)18(11)20(31)27-14-5-4-12(23)9-13(14)24/h4-5,9-10H,2-3,6-8,25-26H2,1H3,(H,27,31)(H,28,32)/b16-10-. The molecule has 4 rings (SSSR count). The van der Waals surface area contributed by atoms with Crippen molar-refractivity contribution in [1.82, 2.24) is 9.88 Å². The summed E-state index contributed by atoms with van der Waals surface area (Å²) in [5.74, 6) is -3.93. The molecule has 10 heteroatoms. The number of nitrogens with two attached hydrogens (primary N) is 2. The van der Waals surface area contributed by atoms with Gasteiger partial charge in [0.1, 0.15) is 17.3 Å². The minimum atomic E-state index is -0.917. The van der Waals surface area contributed by atoms with Crippen LogP contribution >= 0.6 is 0 Å². The molecular weight excluding hydrogens is 420 g/mol. The molecule has 2 amide bonds. The van der Waals surface area contributed by atoms with Gasteiger partial charge in [-0.2, -0.15) is 0 Å². The Kier molecular flexibility index (Phi) is 5.23. The molecule has 2 heterocycles. The van der Waals surface area contributed by atoms with Crippen LogP contribution in [0.3, 0.4) is 0 Å². The smallest absolute Gasteiger partial charge is 0.293 e. The van der Waals surface area contributed by atoms with E-state index in [0.717, 1.165) is 12.1 Å². The highest BCUT2D eigenvalue weighted by Gasteiger charge is 2.48. The van der Waals surface area contributed by atoms with E-state index in [9.17, 15) is 23.2 Å². The van der Waals surface area contributed by atoms with E-state index in [1.807, 2.05) is 0 Å². The molecule has 6 N–H and O–H groups in total. The van der Waals surface area contributed by atoms with E-state index in [1.165, 1.54) is 6.20 Å². The summed E-state index contributed by atoms with van der Waals surface area (Å²) in [6, 6.07) is 2.82. The number of anilines is 1. The van der Waals surface area contributed by atoms with Gasteiger partial charge in [-0.3, -0.25) is 14.4 Å². The predicted octanol–water partition coefficient (Wildman–Crippen LogP) is 1.86. The molecule has 168 valence electrons. The van der Waals surface area contributed by atoms with Gasteiger partial charge in [0.2, 0.25) is 0 Å². The molecule has 1 aromatic heterocycles. The van der Waals surface area contributed by atoms with Crippen molar-refractivity contribution >= 4 is 23.3 Å². The fraction of sp³-hybridized carbons (Fsp3) is 0.318. The van der Waals surface area contributed by atoms with E-state index in [4.69, 9.17) is 11.5 Å². The molecule has 0 saturated heterocycles. The minimum Gasteiger partial charge on any atom is -0.403 e. The monoisotopic (exact) mass is 443 g/mol. The number of ketones is 1. The van der Waals surface area contributed by atoms with Gasteiger partial charge in [-0.1, -0.05) is 0 Å². The van der Waals surface area contributed by atoms with Crippen LogP contribution in [0.2, 0.25) is 0 Å². The molecule has 1 aliphatic heterocycles. The quantitative estimate of drug-likeness (QED) is 0.400. The summed E-state index contributed by atoms with van der Waals surface area (Å²) in [6.45, 7) is 2.05. The second-order valence-electron chi connectivity index (χ2n) is 8.12. The van der Waals surface area contributed by atoms with E-state index >= 15 is 0 Å². The highest BCUT2D eigenvalue weighted by Crippen LogP contribution is 2.40. The second kappa shape index (κ2) is 7.77. The van der Waals surface area contributed by atoms with Crippen LogP contribution in [0.5, 0.6) is 0 Å². The van der Waals surface area contributed by atoms with Crippen molar-refractivity contribution < 1.29 is 23.2 Å². The molecule has 8 nitrogen and oxygen atoms in total. The molecule has 0 radical (unpaired) electrons. The van der Waals surface area contributed by atoms with Gasteiger partial charge in [-0.15, -0.1) is 0 Å². The van der Waals surface area contributed by atoms with Gasteiger partial charge in [0.25, 0.3) is 17.6 Å². The lowest BCUT2D eigenvalue weighted by molar-refractivity contribution is -0.117. The average molecular weight is 443 g/mol. The molecule has 1 aliphatic carbocycles. The first kappa shape index (κ1) is 21.5. The lowest BCUT2D eigenvalue weighted by atomic mass is 10.0. The van der Waals surface area contributed by atoms with Crippen LogP contribution in [0.25, 0.3) is 0 Å². The highest BCUT2D eigenvalue weighted by molar-refractivity contribution is 6.44. The Labute approximate surface area is 182 Å². The Morgan fingerprint density at radius 2 is 1.94 bits per heavy atom. The predicted molar refractivity (Wildman–Crippen MR) is 113 cm³/mol. The lowest BCUT2D eigenvalue weighted by Gasteiger charge is -2.17. The van der Waals surface area contributed by atoms with Crippen LogP contribution in [-0.4, -0.2) is 27.7 Å². The second-order valence-corrected chi connectivity index (χ2v) is 8.12. The Morgan fingerprint density at radius 1 is 1.22 bits per heavy atom. The number of rotatable bonds is 6. The summed E-state index contributed by atoms with van der Waals surface area (Å²) in [6.07, 6.45) is 3.57. The zero-order valence-corrected chi connectivity index (χ0v) is 17.4. The van der Waals surface area contributed by atoms with Gasteiger partial charge < -0.3 is 26.7 Å². The van der Waals surface area contributed by atoms with E-state index in [0.29, 0.717) is 55.2 Å². The molecule has 0 unspecified atom stereocenters. The molecule has 0 spiro atoms. The van der Waals surface area contributed by atoms with Crippen LogP contribution < -0.4 is 22.1 Å². The molecule has 1 aromatic carbocycles. The van der Waals surface area contributed by atoms with Crippen molar-refractivity contribution in [2.75, 3.05) is 5.32 Å². The number of Topliss-reactive ketones (excluding diaryl/α,β-unsaturated/α-hetero) is 1. The first-order valence-electron chi connectivity index (χ1n) is 10.2. The van der Waals surface area contributed by atoms with E-state index < -0.39 is 34.8 Å². The highest BCUT2D eigenvalue weighted by atomic mass is 19.1. The zero-order valence-electron chi connectivity index (χ0n) is 17.4. The third kappa shape index (κ3) is 3.51.